The van der Waals surface area contributed by atoms with Crippen LogP contribution < -0.4 is 9.47 Å². The summed E-state index contributed by atoms with van der Waals surface area (Å²) in [6, 6.07) is 3.42. The van der Waals surface area contributed by atoms with E-state index in [2.05, 4.69) is 15.9 Å². The van der Waals surface area contributed by atoms with Crippen LogP contribution in [0.5, 0.6) is 11.5 Å². The molecule has 1 heterocycles. The van der Waals surface area contributed by atoms with E-state index in [1.807, 2.05) is 0 Å². The summed E-state index contributed by atoms with van der Waals surface area (Å²) in [5.74, 6) is -1.93. The average molecular weight is 371 g/mol. The molecular formula is C15H15BrO6. The Hall–Kier alpha value is -2.02. The monoisotopic (exact) mass is 370 g/mol. The Labute approximate surface area is 136 Å². The van der Waals surface area contributed by atoms with Crippen LogP contribution >= 0.6 is 15.9 Å². The van der Waals surface area contributed by atoms with Gasteiger partial charge in [-0.25, -0.2) is 9.59 Å². The average Bonchev–Trinajstić information content (AvgIpc) is 2.42. The van der Waals surface area contributed by atoms with Crippen LogP contribution in [-0.4, -0.2) is 31.9 Å². The van der Waals surface area contributed by atoms with Crippen molar-refractivity contribution in [2.24, 2.45) is 0 Å². The Bertz CT molecular complexity index is 640. The third kappa shape index (κ3) is 3.09. The van der Waals surface area contributed by atoms with Crippen molar-refractivity contribution in [3.05, 3.63) is 27.7 Å². The number of hydrogen-bond donors (Lipinski definition) is 0. The molecule has 118 valence electrons. The highest BCUT2D eigenvalue weighted by molar-refractivity contribution is 9.10. The van der Waals surface area contributed by atoms with Crippen LogP contribution in [-0.2, 0) is 19.1 Å². The van der Waals surface area contributed by atoms with E-state index in [1.165, 1.54) is 34.1 Å². The predicted molar refractivity (Wildman–Crippen MR) is 81.5 cm³/mol. The minimum absolute atomic E-state index is 0.216. The number of benzene rings is 1. The minimum atomic E-state index is -1.28. The van der Waals surface area contributed by atoms with Crippen molar-refractivity contribution in [2.75, 3.05) is 14.2 Å². The highest BCUT2D eigenvalue weighted by atomic mass is 79.9. The first-order chi connectivity index (χ1) is 10.3. The highest BCUT2D eigenvalue weighted by Gasteiger charge is 2.39. The van der Waals surface area contributed by atoms with E-state index in [0.29, 0.717) is 21.5 Å². The molecule has 1 aromatic rings. The van der Waals surface area contributed by atoms with Crippen molar-refractivity contribution >= 4 is 33.9 Å². The zero-order valence-electron chi connectivity index (χ0n) is 12.6. The van der Waals surface area contributed by atoms with E-state index in [1.54, 1.807) is 12.1 Å². The molecule has 0 saturated carbocycles. The van der Waals surface area contributed by atoms with Crippen molar-refractivity contribution in [3.63, 3.8) is 0 Å². The lowest BCUT2D eigenvalue weighted by atomic mass is 10.1. The second-order valence-electron chi connectivity index (χ2n) is 4.93. The van der Waals surface area contributed by atoms with Gasteiger partial charge in [-0.05, 0) is 18.2 Å². The molecule has 0 atom stereocenters. The summed E-state index contributed by atoms with van der Waals surface area (Å²) in [5, 5.41) is 0. The number of hydrogen-bond acceptors (Lipinski definition) is 6. The van der Waals surface area contributed by atoms with Gasteiger partial charge in [-0.2, -0.15) is 0 Å². The molecule has 2 rings (SSSR count). The Morgan fingerprint density at radius 2 is 1.68 bits per heavy atom. The molecule has 1 fully saturated rings. The van der Waals surface area contributed by atoms with Crippen LogP contribution in [0.1, 0.15) is 19.4 Å². The third-order valence-corrected chi connectivity index (χ3v) is 3.63. The van der Waals surface area contributed by atoms with Gasteiger partial charge in [-0.15, -0.1) is 0 Å². The van der Waals surface area contributed by atoms with Crippen LogP contribution in [0.25, 0.3) is 6.08 Å². The first-order valence-electron chi connectivity index (χ1n) is 6.38. The van der Waals surface area contributed by atoms with E-state index in [4.69, 9.17) is 18.9 Å². The number of carbonyl (C=O) groups excluding carboxylic acids is 2. The van der Waals surface area contributed by atoms with E-state index in [-0.39, 0.29) is 5.57 Å². The fourth-order valence-corrected chi connectivity index (χ4v) is 2.41. The largest absolute Gasteiger partial charge is 0.493 e. The number of esters is 2. The Kier molecular flexibility index (Phi) is 4.46. The van der Waals surface area contributed by atoms with Crippen LogP contribution in [0.2, 0.25) is 0 Å². The number of halogens is 1. The van der Waals surface area contributed by atoms with E-state index < -0.39 is 17.7 Å². The maximum atomic E-state index is 12.0. The zero-order valence-corrected chi connectivity index (χ0v) is 14.1. The number of carbonyl (C=O) groups is 2. The van der Waals surface area contributed by atoms with Gasteiger partial charge < -0.3 is 18.9 Å². The van der Waals surface area contributed by atoms with Crippen molar-refractivity contribution in [1.29, 1.82) is 0 Å². The topological polar surface area (TPSA) is 71.1 Å². The normalized spacial score (nSPS) is 16.7. The number of methoxy groups -OCH3 is 2. The van der Waals surface area contributed by atoms with Crippen molar-refractivity contribution in [3.8, 4) is 11.5 Å². The molecule has 1 aromatic carbocycles. The maximum Gasteiger partial charge on any atom is 0.348 e. The van der Waals surface area contributed by atoms with Crippen molar-refractivity contribution in [2.45, 2.75) is 19.6 Å². The van der Waals surface area contributed by atoms with Crippen LogP contribution in [0.15, 0.2) is 22.2 Å². The van der Waals surface area contributed by atoms with Crippen LogP contribution in [0, 0.1) is 0 Å². The molecule has 1 aliphatic heterocycles. The third-order valence-electron chi connectivity index (χ3n) is 2.94. The first kappa shape index (κ1) is 16.4. The summed E-state index contributed by atoms with van der Waals surface area (Å²) in [4.78, 5) is 24.0. The molecule has 7 heteroatoms. The summed E-state index contributed by atoms with van der Waals surface area (Å²) in [7, 11) is 2.96. The maximum absolute atomic E-state index is 12.0. The number of ether oxygens (including phenoxy) is 4. The fourth-order valence-electron chi connectivity index (χ4n) is 1.98. The van der Waals surface area contributed by atoms with Gasteiger partial charge in [0.15, 0.2) is 11.5 Å². The second-order valence-corrected chi connectivity index (χ2v) is 5.79. The molecule has 0 spiro atoms. The van der Waals surface area contributed by atoms with Crippen LogP contribution in [0.3, 0.4) is 0 Å². The predicted octanol–water partition coefficient (Wildman–Crippen LogP) is 2.69. The molecule has 0 N–H and O–H groups in total. The van der Waals surface area contributed by atoms with Gasteiger partial charge in [-0.3, -0.25) is 0 Å². The molecule has 0 aromatic heterocycles. The Balaban J connectivity index is 2.54. The van der Waals surface area contributed by atoms with Gasteiger partial charge in [0.25, 0.3) is 5.79 Å². The standard InChI is InChI=1S/C15H15BrO6/c1-15(2)21-13(17)9(14(18)22-15)7-8-10(16)5-6-11(19-3)12(8)20-4/h5-7H,1-4H3. The summed E-state index contributed by atoms with van der Waals surface area (Å²) in [5.41, 5.74) is 0.261. The molecular weight excluding hydrogens is 356 g/mol. The summed E-state index contributed by atoms with van der Waals surface area (Å²) >= 11 is 3.36. The van der Waals surface area contributed by atoms with Gasteiger partial charge in [-0.1, -0.05) is 15.9 Å². The quantitative estimate of drug-likeness (QED) is 0.462. The summed E-state index contributed by atoms with van der Waals surface area (Å²) < 4.78 is 21.2. The van der Waals surface area contributed by atoms with E-state index in [9.17, 15) is 9.59 Å². The second kappa shape index (κ2) is 6.00. The molecule has 0 amide bonds. The number of rotatable bonds is 3. The molecule has 0 aliphatic carbocycles. The fraction of sp³-hybridized carbons (Fsp3) is 0.333. The molecule has 0 radical (unpaired) electrons. The smallest absolute Gasteiger partial charge is 0.348 e. The molecule has 6 nitrogen and oxygen atoms in total. The number of cyclic esters (lactones) is 2. The van der Waals surface area contributed by atoms with Crippen molar-refractivity contribution < 1.29 is 28.5 Å². The van der Waals surface area contributed by atoms with Gasteiger partial charge >= 0.3 is 11.9 Å². The van der Waals surface area contributed by atoms with Gasteiger partial charge in [0.2, 0.25) is 0 Å². The van der Waals surface area contributed by atoms with Gasteiger partial charge in [0.05, 0.1) is 14.2 Å². The Morgan fingerprint density at radius 1 is 1.09 bits per heavy atom. The molecule has 1 aliphatic rings. The molecule has 0 unspecified atom stereocenters. The van der Waals surface area contributed by atoms with Gasteiger partial charge in [0.1, 0.15) is 5.57 Å². The first-order valence-corrected chi connectivity index (χ1v) is 7.17. The highest BCUT2D eigenvalue weighted by Crippen LogP contribution is 2.38. The SMILES string of the molecule is COc1ccc(Br)c(C=C2C(=O)OC(C)(C)OC2=O)c1OC. The lowest BCUT2D eigenvalue weighted by Gasteiger charge is -2.29. The molecule has 0 bridgehead atoms. The lowest BCUT2D eigenvalue weighted by Crippen LogP contribution is -2.41. The minimum Gasteiger partial charge on any atom is -0.493 e. The Morgan fingerprint density at radius 3 is 2.18 bits per heavy atom. The molecule has 1 saturated heterocycles. The lowest BCUT2D eigenvalue weighted by molar-refractivity contribution is -0.222. The van der Waals surface area contributed by atoms with Gasteiger partial charge in [0, 0.05) is 23.9 Å². The van der Waals surface area contributed by atoms with Crippen molar-refractivity contribution in [1.82, 2.24) is 0 Å². The molecule has 22 heavy (non-hydrogen) atoms. The van der Waals surface area contributed by atoms with Crippen LogP contribution in [0.4, 0.5) is 0 Å². The summed E-state index contributed by atoms with van der Waals surface area (Å²) in [6.45, 7) is 2.98. The zero-order chi connectivity index (χ0) is 16.5. The van der Waals surface area contributed by atoms with E-state index in [0.717, 1.165) is 0 Å². The van der Waals surface area contributed by atoms with E-state index >= 15 is 0 Å². The summed E-state index contributed by atoms with van der Waals surface area (Å²) in [6.07, 6.45) is 1.35.